The molecule has 0 saturated carbocycles. The Balaban J connectivity index is 1.56. The number of amides is 2. The third-order valence-electron chi connectivity index (χ3n) is 5.41. The van der Waals surface area contributed by atoms with E-state index in [1.807, 2.05) is 28.0 Å². The van der Waals surface area contributed by atoms with Crippen molar-refractivity contribution < 1.29 is 9.59 Å². The fourth-order valence-electron chi connectivity index (χ4n) is 3.91. The molecule has 0 aromatic heterocycles. The molecule has 130 valence electrons. The van der Waals surface area contributed by atoms with Crippen LogP contribution in [0.4, 0.5) is 11.4 Å². The third-order valence-corrected chi connectivity index (χ3v) is 5.41. The summed E-state index contributed by atoms with van der Waals surface area (Å²) in [6.07, 6.45) is 5.45. The molecule has 5 nitrogen and oxygen atoms in total. The van der Waals surface area contributed by atoms with Gasteiger partial charge in [0.15, 0.2) is 0 Å². The van der Waals surface area contributed by atoms with Crippen molar-refractivity contribution in [2.24, 2.45) is 5.92 Å². The second kappa shape index (κ2) is 7.24. The molecule has 0 radical (unpaired) electrons. The minimum atomic E-state index is 0.159. The van der Waals surface area contributed by atoms with E-state index in [1.165, 1.54) is 0 Å². The number of fused-ring (bicyclic) bond motifs is 1. The number of rotatable bonds is 3. The van der Waals surface area contributed by atoms with Crippen LogP contribution in [-0.4, -0.2) is 36.3 Å². The predicted molar refractivity (Wildman–Crippen MR) is 95.7 cm³/mol. The van der Waals surface area contributed by atoms with Crippen LogP contribution in [0.5, 0.6) is 0 Å². The van der Waals surface area contributed by atoms with E-state index in [1.54, 1.807) is 6.92 Å². The van der Waals surface area contributed by atoms with Gasteiger partial charge < -0.3 is 15.5 Å². The highest BCUT2D eigenvalue weighted by atomic mass is 16.2. The zero-order chi connectivity index (χ0) is 17.1. The number of piperidine rings is 1. The van der Waals surface area contributed by atoms with E-state index in [0.717, 1.165) is 68.7 Å². The summed E-state index contributed by atoms with van der Waals surface area (Å²) in [7, 11) is 0. The molecule has 5 heteroatoms. The van der Waals surface area contributed by atoms with Crippen LogP contribution in [0, 0.1) is 5.92 Å². The Morgan fingerprint density at radius 1 is 1.21 bits per heavy atom. The van der Waals surface area contributed by atoms with Crippen LogP contribution in [0.3, 0.4) is 0 Å². The van der Waals surface area contributed by atoms with Gasteiger partial charge in [0, 0.05) is 44.4 Å². The number of nitrogens with zero attached hydrogens (tertiary/aromatic N) is 2. The van der Waals surface area contributed by atoms with Crippen LogP contribution in [-0.2, 0) is 16.0 Å². The van der Waals surface area contributed by atoms with E-state index in [4.69, 9.17) is 5.73 Å². The van der Waals surface area contributed by atoms with Gasteiger partial charge in [0.2, 0.25) is 11.8 Å². The van der Waals surface area contributed by atoms with E-state index in [-0.39, 0.29) is 11.8 Å². The first-order valence-corrected chi connectivity index (χ1v) is 8.99. The standard InChI is InChI=1S/C19H27N3O2/c1-14(23)21-12-9-15(10-13-21)7-8-19(24)22-11-3-4-16-17(20)5-2-6-18(16)22/h2,5-6,15H,3-4,7-13,20H2,1H3. The number of benzene rings is 1. The second-order valence-electron chi connectivity index (χ2n) is 6.98. The maximum Gasteiger partial charge on any atom is 0.226 e. The number of hydrogen-bond acceptors (Lipinski definition) is 3. The molecule has 0 unspecified atom stereocenters. The summed E-state index contributed by atoms with van der Waals surface area (Å²) in [6.45, 7) is 4.08. The second-order valence-corrected chi connectivity index (χ2v) is 6.98. The molecule has 0 aliphatic carbocycles. The number of nitrogen functional groups attached to an aromatic ring is 1. The van der Waals surface area contributed by atoms with Gasteiger partial charge >= 0.3 is 0 Å². The Hall–Kier alpha value is -2.04. The first kappa shape index (κ1) is 16.8. The summed E-state index contributed by atoms with van der Waals surface area (Å²) in [4.78, 5) is 27.9. The predicted octanol–water partition coefficient (Wildman–Crippen LogP) is 2.59. The maximum atomic E-state index is 12.7. The molecule has 0 atom stereocenters. The van der Waals surface area contributed by atoms with E-state index in [0.29, 0.717) is 12.3 Å². The highest BCUT2D eigenvalue weighted by Crippen LogP contribution is 2.32. The Morgan fingerprint density at radius 2 is 1.96 bits per heavy atom. The molecule has 24 heavy (non-hydrogen) atoms. The van der Waals surface area contributed by atoms with Crippen molar-refractivity contribution in [1.29, 1.82) is 0 Å². The fraction of sp³-hybridized carbons (Fsp3) is 0.579. The van der Waals surface area contributed by atoms with E-state index in [9.17, 15) is 9.59 Å². The quantitative estimate of drug-likeness (QED) is 0.867. The van der Waals surface area contributed by atoms with Crippen LogP contribution in [0.15, 0.2) is 18.2 Å². The first-order chi connectivity index (χ1) is 11.6. The molecule has 2 aliphatic heterocycles. The Kier molecular flexibility index (Phi) is 5.07. The molecule has 1 aromatic rings. The summed E-state index contributed by atoms with van der Waals surface area (Å²) >= 11 is 0. The molecule has 1 fully saturated rings. The summed E-state index contributed by atoms with van der Waals surface area (Å²) in [5, 5.41) is 0. The lowest BCUT2D eigenvalue weighted by molar-refractivity contribution is -0.130. The van der Waals surface area contributed by atoms with Gasteiger partial charge in [-0.05, 0) is 55.7 Å². The Bertz CT molecular complexity index is 621. The molecule has 1 saturated heterocycles. The average Bonchev–Trinajstić information content (AvgIpc) is 2.60. The van der Waals surface area contributed by atoms with Gasteiger partial charge in [-0.15, -0.1) is 0 Å². The highest BCUT2D eigenvalue weighted by Gasteiger charge is 2.25. The third kappa shape index (κ3) is 3.55. The molecule has 2 amide bonds. The van der Waals surface area contributed by atoms with Crippen molar-refractivity contribution in [2.45, 2.75) is 45.4 Å². The Labute approximate surface area is 143 Å². The number of hydrogen-bond donors (Lipinski definition) is 1. The monoisotopic (exact) mass is 329 g/mol. The number of likely N-dealkylation sites (tertiary alicyclic amines) is 1. The Morgan fingerprint density at radius 3 is 2.67 bits per heavy atom. The normalized spacial score (nSPS) is 18.4. The van der Waals surface area contributed by atoms with Crippen molar-refractivity contribution in [3.8, 4) is 0 Å². The van der Waals surface area contributed by atoms with Crippen LogP contribution < -0.4 is 10.6 Å². The number of anilines is 2. The number of nitrogens with two attached hydrogens (primary N) is 1. The summed E-state index contributed by atoms with van der Waals surface area (Å²) in [6, 6.07) is 5.85. The minimum Gasteiger partial charge on any atom is -0.398 e. The fourth-order valence-corrected chi connectivity index (χ4v) is 3.91. The molecular formula is C19H27N3O2. The average molecular weight is 329 g/mol. The maximum absolute atomic E-state index is 12.7. The van der Waals surface area contributed by atoms with Gasteiger partial charge in [0.05, 0.1) is 0 Å². The number of carbonyl (C=O) groups excluding carboxylic acids is 2. The highest BCUT2D eigenvalue weighted by molar-refractivity contribution is 5.95. The summed E-state index contributed by atoms with van der Waals surface area (Å²) < 4.78 is 0. The summed E-state index contributed by atoms with van der Waals surface area (Å²) in [5.74, 6) is 0.914. The lowest BCUT2D eigenvalue weighted by Gasteiger charge is -2.33. The van der Waals surface area contributed by atoms with Crippen molar-refractivity contribution in [3.05, 3.63) is 23.8 Å². The van der Waals surface area contributed by atoms with Crippen LogP contribution >= 0.6 is 0 Å². The summed E-state index contributed by atoms with van der Waals surface area (Å²) in [5.41, 5.74) is 8.97. The molecule has 0 bridgehead atoms. The van der Waals surface area contributed by atoms with Gasteiger partial charge in [-0.2, -0.15) is 0 Å². The van der Waals surface area contributed by atoms with Crippen molar-refractivity contribution in [2.75, 3.05) is 30.3 Å². The largest absolute Gasteiger partial charge is 0.398 e. The van der Waals surface area contributed by atoms with Crippen molar-refractivity contribution in [1.82, 2.24) is 4.90 Å². The van der Waals surface area contributed by atoms with Crippen molar-refractivity contribution >= 4 is 23.2 Å². The molecule has 2 heterocycles. The lowest BCUT2D eigenvalue weighted by Crippen LogP contribution is -2.38. The van der Waals surface area contributed by atoms with E-state index >= 15 is 0 Å². The van der Waals surface area contributed by atoms with Gasteiger partial charge in [0.1, 0.15) is 0 Å². The van der Waals surface area contributed by atoms with E-state index < -0.39 is 0 Å². The molecular weight excluding hydrogens is 302 g/mol. The first-order valence-electron chi connectivity index (χ1n) is 8.99. The molecule has 3 rings (SSSR count). The minimum absolute atomic E-state index is 0.159. The van der Waals surface area contributed by atoms with Gasteiger partial charge in [0.25, 0.3) is 0 Å². The zero-order valence-corrected chi connectivity index (χ0v) is 14.5. The lowest BCUT2D eigenvalue weighted by atomic mass is 9.91. The number of carbonyl (C=O) groups is 2. The van der Waals surface area contributed by atoms with Crippen molar-refractivity contribution in [3.63, 3.8) is 0 Å². The van der Waals surface area contributed by atoms with E-state index in [2.05, 4.69) is 0 Å². The smallest absolute Gasteiger partial charge is 0.226 e. The van der Waals surface area contributed by atoms with Gasteiger partial charge in [-0.1, -0.05) is 6.07 Å². The van der Waals surface area contributed by atoms with Crippen LogP contribution in [0.2, 0.25) is 0 Å². The van der Waals surface area contributed by atoms with Crippen LogP contribution in [0.1, 0.15) is 44.6 Å². The topological polar surface area (TPSA) is 66.6 Å². The molecule has 1 aromatic carbocycles. The SMILES string of the molecule is CC(=O)N1CCC(CCC(=O)N2CCCc3c(N)cccc32)CC1. The molecule has 2 N–H and O–H groups in total. The molecule has 0 spiro atoms. The van der Waals surface area contributed by atoms with Gasteiger partial charge in [-0.3, -0.25) is 9.59 Å². The van der Waals surface area contributed by atoms with Gasteiger partial charge in [-0.25, -0.2) is 0 Å². The molecule has 2 aliphatic rings. The zero-order valence-electron chi connectivity index (χ0n) is 14.5. The van der Waals surface area contributed by atoms with Crippen LogP contribution in [0.25, 0.3) is 0 Å².